The minimum Gasteiger partial charge on any atom is -0.398 e. The van der Waals surface area contributed by atoms with E-state index in [0.29, 0.717) is 27.8 Å². The molecule has 0 aromatic heterocycles. The highest BCUT2D eigenvalue weighted by Gasteiger charge is 2.11. The van der Waals surface area contributed by atoms with Crippen LogP contribution in [0.5, 0.6) is 0 Å². The highest BCUT2D eigenvalue weighted by molar-refractivity contribution is 9.10. The van der Waals surface area contributed by atoms with Gasteiger partial charge in [0.25, 0.3) is 5.91 Å². The van der Waals surface area contributed by atoms with Gasteiger partial charge in [-0.25, -0.2) is 0 Å². The molecule has 0 aliphatic carbocycles. The second-order valence-corrected chi connectivity index (χ2v) is 4.99. The molecular formula is C15H12BrN3O. The number of rotatable bonds is 3. The number of carbonyl (C=O) groups is 1. The number of nitrogens with zero attached hydrogens (tertiary/aromatic N) is 1. The Labute approximate surface area is 125 Å². The van der Waals surface area contributed by atoms with E-state index in [1.165, 1.54) is 0 Å². The Morgan fingerprint density at radius 2 is 1.95 bits per heavy atom. The number of nitrogens with one attached hydrogen (secondary N) is 1. The van der Waals surface area contributed by atoms with Gasteiger partial charge in [-0.15, -0.1) is 0 Å². The van der Waals surface area contributed by atoms with Crippen molar-refractivity contribution in [2.75, 3.05) is 11.1 Å². The summed E-state index contributed by atoms with van der Waals surface area (Å²) in [4.78, 5) is 12.1. The lowest BCUT2D eigenvalue weighted by atomic mass is 10.1. The summed E-state index contributed by atoms with van der Waals surface area (Å²) in [7, 11) is 0. The molecule has 0 heterocycles. The number of nitrogen functional groups attached to an aromatic ring is 1. The van der Waals surface area contributed by atoms with Crippen molar-refractivity contribution in [3.8, 4) is 6.07 Å². The maximum Gasteiger partial charge on any atom is 0.256 e. The van der Waals surface area contributed by atoms with Crippen LogP contribution in [0.4, 0.5) is 11.4 Å². The quantitative estimate of drug-likeness (QED) is 0.847. The predicted octanol–water partition coefficient (Wildman–Crippen LogP) is 3.35. The molecule has 2 aromatic carbocycles. The fraction of sp³-hybridized carbons (Fsp3) is 0.0667. The zero-order chi connectivity index (χ0) is 14.5. The van der Waals surface area contributed by atoms with E-state index in [-0.39, 0.29) is 5.91 Å². The minimum absolute atomic E-state index is 0.239. The first-order valence-electron chi connectivity index (χ1n) is 5.93. The van der Waals surface area contributed by atoms with Crippen LogP contribution in [0.15, 0.2) is 46.9 Å². The normalized spacial score (nSPS) is 9.80. The number of anilines is 2. The summed E-state index contributed by atoms with van der Waals surface area (Å²) in [5.41, 5.74) is 8.33. The van der Waals surface area contributed by atoms with E-state index >= 15 is 0 Å². The number of nitrogens with two attached hydrogens (primary N) is 1. The maximum atomic E-state index is 12.1. The zero-order valence-corrected chi connectivity index (χ0v) is 12.1. The summed E-state index contributed by atoms with van der Waals surface area (Å²) in [6.45, 7) is 0. The van der Waals surface area contributed by atoms with Gasteiger partial charge in [0.05, 0.1) is 22.5 Å². The average molecular weight is 330 g/mol. The maximum absolute atomic E-state index is 12.1. The van der Waals surface area contributed by atoms with Crippen LogP contribution in [-0.2, 0) is 6.42 Å². The third kappa shape index (κ3) is 3.16. The van der Waals surface area contributed by atoms with Gasteiger partial charge in [0.2, 0.25) is 0 Å². The number of hydrogen-bond donors (Lipinski definition) is 2. The molecule has 100 valence electrons. The highest BCUT2D eigenvalue weighted by Crippen LogP contribution is 2.24. The van der Waals surface area contributed by atoms with Gasteiger partial charge < -0.3 is 11.1 Å². The molecule has 2 rings (SSSR count). The number of halogens is 1. The van der Waals surface area contributed by atoms with Gasteiger partial charge in [0.1, 0.15) is 0 Å². The average Bonchev–Trinajstić information content (AvgIpc) is 2.44. The lowest BCUT2D eigenvalue weighted by Gasteiger charge is -2.08. The summed E-state index contributed by atoms with van der Waals surface area (Å²) in [5.74, 6) is -0.239. The first kappa shape index (κ1) is 14.1. The van der Waals surface area contributed by atoms with Gasteiger partial charge in [0.15, 0.2) is 0 Å². The van der Waals surface area contributed by atoms with Crippen LogP contribution in [0, 0.1) is 11.3 Å². The molecule has 5 heteroatoms. The van der Waals surface area contributed by atoms with Crippen molar-refractivity contribution in [1.29, 1.82) is 5.26 Å². The predicted molar refractivity (Wildman–Crippen MR) is 82.3 cm³/mol. The van der Waals surface area contributed by atoms with E-state index in [1.54, 1.807) is 30.3 Å². The van der Waals surface area contributed by atoms with Crippen molar-refractivity contribution in [1.82, 2.24) is 0 Å². The van der Waals surface area contributed by atoms with Crippen LogP contribution in [0.1, 0.15) is 15.9 Å². The molecule has 20 heavy (non-hydrogen) atoms. The monoisotopic (exact) mass is 329 g/mol. The van der Waals surface area contributed by atoms with Gasteiger partial charge in [-0.05, 0) is 45.8 Å². The first-order chi connectivity index (χ1) is 9.61. The zero-order valence-electron chi connectivity index (χ0n) is 10.6. The molecule has 2 aromatic rings. The molecule has 0 atom stereocenters. The molecule has 0 unspecified atom stereocenters. The molecule has 0 bridgehead atoms. The van der Waals surface area contributed by atoms with E-state index in [0.717, 1.165) is 5.56 Å². The molecule has 0 aliphatic rings. The van der Waals surface area contributed by atoms with Crippen LogP contribution in [0.25, 0.3) is 0 Å². The Morgan fingerprint density at radius 1 is 1.25 bits per heavy atom. The summed E-state index contributed by atoms with van der Waals surface area (Å²) < 4.78 is 0.582. The van der Waals surface area contributed by atoms with Crippen LogP contribution in [0.3, 0.4) is 0 Å². The van der Waals surface area contributed by atoms with E-state index in [9.17, 15) is 4.79 Å². The SMILES string of the molecule is N#CCc1ccc(NC(=O)c2cccc(N)c2Br)cc1. The second kappa shape index (κ2) is 6.22. The largest absolute Gasteiger partial charge is 0.398 e. The van der Waals surface area contributed by atoms with Crippen molar-refractivity contribution < 1.29 is 4.79 Å². The van der Waals surface area contributed by atoms with Gasteiger partial charge in [-0.3, -0.25) is 4.79 Å². The number of benzene rings is 2. The van der Waals surface area contributed by atoms with Crippen LogP contribution < -0.4 is 11.1 Å². The van der Waals surface area contributed by atoms with E-state index in [4.69, 9.17) is 11.0 Å². The number of hydrogen-bond acceptors (Lipinski definition) is 3. The van der Waals surface area contributed by atoms with Crippen molar-refractivity contribution >= 4 is 33.2 Å². The van der Waals surface area contributed by atoms with Gasteiger partial charge in [-0.1, -0.05) is 18.2 Å². The molecule has 0 saturated carbocycles. The standard InChI is InChI=1S/C15H12BrN3O/c16-14-12(2-1-3-13(14)18)15(20)19-11-6-4-10(5-7-11)8-9-17/h1-7H,8,18H2,(H,19,20). The van der Waals surface area contributed by atoms with E-state index in [1.807, 2.05) is 12.1 Å². The molecule has 0 spiro atoms. The molecule has 0 saturated heterocycles. The van der Waals surface area contributed by atoms with Crippen molar-refractivity contribution in [3.05, 3.63) is 58.1 Å². The van der Waals surface area contributed by atoms with Crippen molar-refractivity contribution in [2.24, 2.45) is 0 Å². The van der Waals surface area contributed by atoms with Gasteiger partial charge >= 0.3 is 0 Å². The number of amides is 1. The third-order valence-electron chi connectivity index (χ3n) is 2.77. The van der Waals surface area contributed by atoms with Crippen molar-refractivity contribution in [3.63, 3.8) is 0 Å². The molecule has 3 N–H and O–H groups in total. The van der Waals surface area contributed by atoms with Crippen LogP contribution in [0.2, 0.25) is 0 Å². The lowest BCUT2D eigenvalue weighted by Crippen LogP contribution is -2.13. The van der Waals surface area contributed by atoms with Crippen LogP contribution in [-0.4, -0.2) is 5.91 Å². The highest BCUT2D eigenvalue weighted by atomic mass is 79.9. The van der Waals surface area contributed by atoms with E-state index < -0.39 is 0 Å². The molecule has 4 nitrogen and oxygen atoms in total. The Kier molecular flexibility index (Phi) is 4.38. The minimum atomic E-state index is -0.239. The summed E-state index contributed by atoms with van der Waals surface area (Å²) in [6, 6.07) is 14.4. The molecule has 0 aliphatic heterocycles. The lowest BCUT2D eigenvalue weighted by molar-refractivity contribution is 0.102. The smallest absolute Gasteiger partial charge is 0.256 e. The van der Waals surface area contributed by atoms with Gasteiger partial charge in [-0.2, -0.15) is 5.26 Å². The Balaban J connectivity index is 2.15. The summed E-state index contributed by atoms with van der Waals surface area (Å²) in [6.07, 6.45) is 0.356. The molecule has 1 amide bonds. The Morgan fingerprint density at radius 3 is 2.60 bits per heavy atom. The summed E-state index contributed by atoms with van der Waals surface area (Å²) in [5, 5.41) is 11.4. The van der Waals surface area contributed by atoms with Gasteiger partial charge in [0, 0.05) is 11.4 Å². The van der Waals surface area contributed by atoms with E-state index in [2.05, 4.69) is 27.3 Å². The number of nitriles is 1. The second-order valence-electron chi connectivity index (χ2n) is 4.19. The fourth-order valence-corrected chi connectivity index (χ4v) is 2.17. The Hall–Kier alpha value is -2.32. The summed E-state index contributed by atoms with van der Waals surface area (Å²) >= 11 is 3.30. The number of carbonyl (C=O) groups excluding carboxylic acids is 1. The molecular weight excluding hydrogens is 318 g/mol. The third-order valence-corrected chi connectivity index (χ3v) is 3.65. The topological polar surface area (TPSA) is 78.9 Å². The van der Waals surface area contributed by atoms with Crippen molar-refractivity contribution in [2.45, 2.75) is 6.42 Å². The Bertz CT molecular complexity index is 675. The fourth-order valence-electron chi connectivity index (χ4n) is 1.72. The molecule has 0 fully saturated rings. The molecule has 0 radical (unpaired) electrons. The first-order valence-corrected chi connectivity index (χ1v) is 6.72. The van der Waals surface area contributed by atoms with Crippen LogP contribution >= 0.6 is 15.9 Å².